The topological polar surface area (TPSA) is 84.2 Å². The van der Waals surface area contributed by atoms with Gasteiger partial charge in [0.15, 0.2) is 11.5 Å². The van der Waals surface area contributed by atoms with E-state index in [1.165, 1.54) is 23.3 Å². The van der Waals surface area contributed by atoms with E-state index >= 15 is 0 Å². The Hall–Kier alpha value is -4.15. The number of nitrogens with one attached hydrogen (secondary N) is 1. The highest BCUT2D eigenvalue weighted by Gasteiger charge is 2.30. The average molecular weight is 532 g/mol. The van der Waals surface area contributed by atoms with Crippen LogP contribution in [0.1, 0.15) is 30.7 Å². The molecule has 1 aliphatic heterocycles. The Morgan fingerprint density at radius 1 is 0.974 bits per heavy atom. The van der Waals surface area contributed by atoms with E-state index in [-0.39, 0.29) is 50.5 Å². The molecular formula is C27H28F3N3O5. The molecule has 0 aliphatic carbocycles. The minimum absolute atomic E-state index is 0.0357. The number of carbonyl (C=O) groups is 2. The summed E-state index contributed by atoms with van der Waals surface area (Å²) in [5.41, 5.74) is 0.178. The van der Waals surface area contributed by atoms with Gasteiger partial charge in [-0.1, -0.05) is 19.9 Å². The first-order chi connectivity index (χ1) is 18.1. The smallest absolute Gasteiger partial charge is 0.416 e. The predicted molar refractivity (Wildman–Crippen MR) is 132 cm³/mol. The largest absolute Gasteiger partial charge is 0.467 e. The summed E-state index contributed by atoms with van der Waals surface area (Å²) in [6, 6.07) is 12.4. The van der Waals surface area contributed by atoms with Crippen LogP contribution in [0.2, 0.25) is 0 Å². The van der Waals surface area contributed by atoms with Crippen molar-refractivity contribution in [2.75, 3.05) is 25.2 Å². The zero-order chi connectivity index (χ0) is 27.3. The Labute approximate surface area is 217 Å². The van der Waals surface area contributed by atoms with E-state index in [2.05, 4.69) is 5.32 Å². The van der Waals surface area contributed by atoms with Gasteiger partial charge in [0.2, 0.25) is 12.7 Å². The number of rotatable bonds is 9. The molecule has 0 fully saturated rings. The molecule has 2 aromatic carbocycles. The van der Waals surface area contributed by atoms with E-state index in [9.17, 15) is 22.8 Å². The summed E-state index contributed by atoms with van der Waals surface area (Å²) in [4.78, 5) is 29.5. The normalized spacial score (nSPS) is 12.5. The second-order valence-electron chi connectivity index (χ2n) is 9.30. The van der Waals surface area contributed by atoms with Gasteiger partial charge in [-0.3, -0.25) is 4.79 Å². The maximum Gasteiger partial charge on any atom is 0.416 e. The van der Waals surface area contributed by atoms with E-state index < -0.39 is 17.8 Å². The first-order valence-corrected chi connectivity index (χ1v) is 12.0. The molecule has 1 aromatic heterocycles. The third-order valence-corrected chi connectivity index (χ3v) is 5.75. The van der Waals surface area contributed by atoms with Crippen LogP contribution >= 0.6 is 0 Å². The predicted octanol–water partition coefficient (Wildman–Crippen LogP) is 5.75. The van der Waals surface area contributed by atoms with Crippen molar-refractivity contribution in [3.8, 4) is 11.5 Å². The van der Waals surface area contributed by atoms with Gasteiger partial charge < -0.3 is 29.0 Å². The van der Waals surface area contributed by atoms with Crippen molar-refractivity contribution in [1.82, 2.24) is 9.80 Å². The van der Waals surface area contributed by atoms with Crippen molar-refractivity contribution in [2.24, 2.45) is 5.92 Å². The lowest BCUT2D eigenvalue weighted by Gasteiger charge is -2.28. The fraction of sp³-hybridized carbons (Fsp3) is 0.333. The molecule has 1 aliphatic rings. The van der Waals surface area contributed by atoms with Crippen LogP contribution in [0.4, 0.5) is 23.7 Å². The Balaban J connectivity index is 1.49. The molecular weight excluding hydrogens is 503 g/mol. The third kappa shape index (κ3) is 6.99. The van der Waals surface area contributed by atoms with Gasteiger partial charge in [-0.15, -0.1) is 0 Å². The van der Waals surface area contributed by atoms with Crippen LogP contribution in [0.3, 0.4) is 0 Å². The average Bonchev–Trinajstić information content (AvgIpc) is 3.54. The van der Waals surface area contributed by atoms with Gasteiger partial charge in [-0.05, 0) is 60.0 Å². The number of anilines is 1. The van der Waals surface area contributed by atoms with Crippen LogP contribution in [0.25, 0.3) is 0 Å². The van der Waals surface area contributed by atoms with Gasteiger partial charge in [0, 0.05) is 18.8 Å². The van der Waals surface area contributed by atoms with Crippen molar-refractivity contribution in [2.45, 2.75) is 33.1 Å². The minimum atomic E-state index is -4.48. The number of hydrogen-bond donors (Lipinski definition) is 1. The molecule has 8 nitrogen and oxygen atoms in total. The molecule has 0 bridgehead atoms. The number of urea groups is 1. The molecule has 11 heteroatoms. The number of furan rings is 1. The summed E-state index contributed by atoms with van der Waals surface area (Å²) >= 11 is 0. The number of alkyl halides is 3. The number of hydrogen-bond acceptors (Lipinski definition) is 5. The maximum atomic E-state index is 13.5. The van der Waals surface area contributed by atoms with Crippen LogP contribution in [-0.2, 0) is 24.1 Å². The quantitative estimate of drug-likeness (QED) is 0.380. The second-order valence-corrected chi connectivity index (χ2v) is 9.30. The SMILES string of the molecule is CC(C)CN(CC(=O)N(Cc1ccc2c(c1)OCO2)Cc1ccco1)C(=O)Nc1ccc(C(F)(F)F)cc1. The van der Waals surface area contributed by atoms with Crippen molar-refractivity contribution in [1.29, 1.82) is 0 Å². The van der Waals surface area contributed by atoms with Crippen molar-refractivity contribution < 1.29 is 36.7 Å². The first-order valence-electron chi connectivity index (χ1n) is 12.0. The highest BCUT2D eigenvalue weighted by atomic mass is 19.4. The molecule has 1 N–H and O–H groups in total. The molecule has 4 rings (SSSR count). The number of ether oxygens (including phenoxy) is 2. The van der Waals surface area contributed by atoms with E-state index in [4.69, 9.17) is 13.9 Å². The Bertz CT molecular complexity index is 1240. The molecule has 0 spiro atoms. The van der Waals surface area contributed by atoms with E-state index in [0.29, 0.717) is 17.3 Å². The summed E-state index contributed by atoms with van der Waals surface area (Å²) in [5.74, 6) is 1.49. The first kappa shape index (κ1) is 26.9. The molecule has 3 amide bonds. The van der Waals surface area contributed by atoms with Gasteiger partial charge in [-0.25, -0.2) is 4.79 Å². The molecule has 0 saturated heterocycles. The van der Waals surface area contributed by atoms with Gasteiger partial charge in [0.1, 0.15) is 12.3 Å². The lowest BCUT2D eigenvalue weighted by Crippen LogP contribution is -2.45. The lowest BCUT2D eigenvalue weighted by atomic mass is 10.1. The molecule has 2 heterocycles. The van der Waals surface area contributed by atoms with Crippen LogP contribution in [0.15, 0.2) is 65.3 Å². The number of benzene rings is 2. The van der Waals surface area contributed by atoms with Gasteiger partial charge in [-0.2, -0.15) is 13.2 Å². The van der Waals surface area contributed by atoms with Crippen LogP contribution in [-0.4, -0.2) is 41.6 Å². The van der Waals surface area contributed by atoms with E-state index in [0.717, 1.165) is 17.7 Å². The van der Waals surface area contributed by atoms with E-state index in [1.807, 2.05) is 19.9 Å². The number of carbonyl (C=O) groups excluding carboxylic acids is 2. The number of fused-ring (bicyclic) bond motifs is 1. The summed E-state index contributed by atoms with van der Waals surface area (Å²) in [7, 11) is 0. The third-order valence-electron chi connectivity index (χ3n) is 5.75. The zero-order valence-corrected chi connectivity index (χ0v) is 21.0. The molecule has 0 atom stereocenters. The molecule has 0 saturated carbocycles. The highest BCUT2D eigenvalue weighted by Crippen LogP contribution is 2.33. The fourth-order valence-electron chi connectivity index (χ4n) is 3.95. The monoisotopic (exact) mass is 531 g/mol. The molecule has 202 valence electrons. The Morgan fingerprint density at radius 2 is 1.71 bits per heavy atom. The molecule has 38 heavy (non-hydrogen) atoms. The standard InChI is InChI=1S/C27H28F3N3O5/c1-18(2)13-33(26(35)31-21-8-6-20(7-9-21)27(28,29)30)16-25(34)32(15-22-4-3-11-36-22)14-19-5-10-23-24(12-19)38-17-37-23/h3-12,18H,13-17H2,1-2H3,(H,31,35). The van der Waals surface area contributed by atoms with Crippen LogP contribution in [0, 0.1) is 5.92 Å². The summed E-state index contributed by atoms with van der Waals surface area (Å²) in [5, 5.41) is 2.59. The number of halogens is 3. The summed E-state index contributed by atoms with van der Waals surface area (Å²) < 4.78 is 54.9. The fourth-order valence-corrected chi connectivity index (χ4v) is 3.95. The van der Waals surface area contributed by atoms with E-state index in [1.54, 1.807) is 29.2 Å². The van der Waals surface area contributed by atoms with Crippen molar-refractivity contribution in [3.63, 3.8) is 0 Å². The summed E-state index contributed by atoms with van der Waals surface area (Å²) in [6.45, 7) is 4.35. The minimum Gasteiger partial charge on any atom is -0.467 e. The Kier molecular flexibility index (Phi) is 8.13. The number of amides is 3. The van der Waals surface area contributed by atoms with Crippen LogP contribution in [0.5, 0.6) is 11.5 Å². The lowest BCUT2D eigenvalue weighted by molar-refractivity contribution is -0.137. The number of nitrogens with zero attached hydrogens (tertiary/aromatic N) is 2. The van der Waals surface area contributed by atoms with Crippen molar-refractivity contribution in [3.05, 3.63) is 77.7 Å². The maximum absolute atomic E-state index is 13.5. The summed E-state index contributed by atoms with van der Waals surface area (Å²) in [6.07, 6.45) is -2.96. The second kappa shape index (κ2) is 11.5. The molecule has 3 aromatic rings. The molecule has 0 radical (unpaired) electrons. The van der Waals surface area contributed by atoms with Gasteiger partial charge >= 0.3 is 12.2 Å². The Morgan fingerprint density at radius 3 is 2.37 bits per heavy atom. The highest BCUT2D eigenvalue weighted by molar-refractivity contribution is 5.92. The van der Waals surface area contributed by atoms with Crippen LogP contribution < -0.4 is 14.8 Å². The molecule has 0 unspecified atom stereocenters. The van der Waals surface area contributed by atoms with Crippen molar-refractivity contribution >= 4 is 17.6 Å². The zero-order valence-electron chi connectivity index (χ0n) is 21.0. The van der Waals surface area contributed by atoms with Gasteiger partial charge in [0.25, 0.3) is 0 Å². The van der Waals surface area contributed by atoms with Gasteiger partial charge in [0.05, 0.1) is 18.4 Å².